The van der Waals surface area contributed by atoms with Crippen molar-refractivity contribution >= 4 is 17.5 Å². The van der Waals surface area contributed by atoms with Crippen LogP contribution in [0.1, 0.15) is 72.6 Å². The van der Waals surface area contributed by atoms with E-state index in [1.165, 1.54) is 6.92 Å². The second-order valence-corrected chi connectivity index (χ2v) is 10.6. The molecule has 0 aromatic heterocycles. The van der Waals surface area contributed by atoms with Gasteiger partial charge in [-0.25, -0.2) is 0 Å². The lowest BCUT2D eigenvalue weighted by molar-refractivity contribution is -0.185. The van der Waals surface area contributed by atoms with Gasteiger partial charge in [-0.3, -0.25) is 14.4 Å². The molecule has 0 aliphatic heterocycles. The summed E-state index contributed by atoms with van der Waals surface area (Å²) in [6.45, 7) is 7.42. The quantitative estimate of drug-likeness (QED) is 0.732. The smallest absolute Gasteiger partial charge is 0.302 e. The first kappa shape index (κ1) is 20.1. The molecule has 28 heavy (non-hydrogen) atoms. The number of aliphatic hydroxyl groups is 1. The number of carbonyl (C=O) groups excluding carboxylic acids is 3. The summed E-state index contributed by atoms with van der Waals surface area (Å²) >= 11 is 0. The summed E-state index contributed by atoms with van der Waals surface area (Å²) in [6.07, 6.45) is 4.44. The Hall–Kier alpha value is -1.23. The number of esters is 1. The lowest BCUT2D eigenvalue weighted by Crippen LogP contribution is -2.60. The standard InChI is InChI=1S/C23H34O5/c1-12(24)16-7-8-17-15-6-5-14-9-18(26)20(28-13(2)25)11-22(14,3)21(15)19(27)10-23(16,17)4/h14-18,20-21,26H,5-11H2,1-4H3/t14-,15-,16+,17-,18-,20-,21+,22-,23+/m0/s1. The lowest BCUT2D eigenvalue weighted by atomic mass is 9.44. The summed E-state index contributed by atoms with van der Waals surface area (Å²) in [5.41, 5.74) is -0.439. The van der Waals surface area contributed by atoms with E-state index in [-0.39, 0.29) is 40.3 Å². The van der Waals surface area contributed by atoms with Crippen LogP contribution in [0, 0.1) is 40.4 Å². The van der Waals surface area contributed by atoms with E-state index in [1.54, 1.807) is 6.92 Å². The van der Waals surface area contributed by atoms with Crippen molar-refractivity contribution in [1.29, 1.82) is 0 Å². The zero-order valence-electron chi connectivity index (χ0n) is 17.6. The van der Waals surface area contributed by atoms with Crippen LogP contribution in [0.2, 0.25) is 0 Å². The van der Waals surface area contributed by atoms with Crippen LogP contribution in [0.4, 0.5) is 0 Å². The fraction of sp³-hybridized carbons (Fsp3) is 0.870. The third kappa shape index (κ3) is 2.79. The van der Waals surface area contributed by atoms with Crippen molar-refractivity contribution in [1.82, 2.24) is 0 Å². The molecule has 0 aromatic carbocycles. The number of hydrogen-bond acceptors (Lipinski definition) is 5. The lowest BCUT2D eigenvalue weighted by Gasteiger charge is -2.60. The number of rotatable bonds is 2. The molecule has 4 rings (SSSR count). The molecule has 0 saturated heterocycles. The molecule has 5 heteroatoms. The molecule has 156 valence electrons. The average Bonchev–Trinajstić information content (AvgIpc) is 2.92. The van der Waals surface area contributed by atoms with Crippen LogP contribution in [0.15, 0.2) is 0 Å². The highest BCUT2D eigenvalue weighted by molar-refractivity contribution is 5.87. The van der Waals surface area contributed by atoms with E-state index in [0.29, 0.717) is 36.9 Å². The molecule has 0 spiro atoms. The molecule has 4 aliphatic carbocycles. The van der Waals surface area contributed by atoms with Crippen LogP contribution in [-0.4, -0.2) is 34.9 Å². The number of hydrogen-bond donors (Lipinski definition) is 1. The topological polar surface area (TPSA) is 80.7 Å². The number of fused-ring (bicyclic) bond motifs is 5. The zero-order valence-corrected chi connectivity index (χ0v) is 17.6. The van der Waals surface area contributed by atoms with E-state index in [0.717, 1.165) is 25.7 Å². The molecule has 4 aliphatic rings. The highest BCUT2D eigenvalue weighted by atomic mass is 16.6. The summed E-state index contributed by atoms with van der Waals surface area (Å²) in [6, 6.07) is 0. The Morgan fingerprint density at radius 3 is 2.43 bits per heavy atom. The van der Waals surface area contributed by atoms with Gasteiger partial charge in [0, 0.05) is 25.2 Å². The summed E-state index contributed by atoms with van der Waals surface area (Å²) in [7, 11) is 0. The Balaban J connectivity index is 1.66. The van der Waals surface area contributed by atoms with Crippen LogP contribution in [0.25, 0.3) is 0 Å². The van der Waals surface area contributed by atoms with Gasteiger partial charge in [-0.1, -0.05) is 13.8 Å². The highest BCUT2D eigenvalue weighted by Crippen LogP contribution is 2.66. The number of ether oxygens (including phenoxy) is 1. The maximum Gasteiger partial charge on any atom is 0.302 e. The van der Waals surface area contributed by atoms with E-state index in [2.05, 4.69) is 13.8 Å². The molecule has 5 nitrogen and oxygen atoms in total. The largest absolute Gasteiger partial charge is 0.460 e. The van der Waals surface area contributed by atoms with Gasteiger partial charge in [0.25, 0.3) is 0 Å². The minimum Gasteiger partial charge on any atom is -0.460 e. The maximum absolute atomic E-state index is 13.5. The van der Waals surface area contributed by atoms with Crippen LogP contribution < -0.4 is 0 Å². The predicted octanol–water partition coefficient (Wildman–Crippen LogP) is 3.32. The van der Waals surface area contributed by atoms with E-state index >= 15 is 0 Å². The van der Waals surface area contributed by atoms with Crippen LogP contribution >= 0.6 is 0 Å². The molecule has 0 heterocycles. The van der Waals surface area contributed by atoms with Gasteiger partial charge < -0.3 is 9.84 Å². The summed E-state index contributed by atoms with van der Waals surface area (Å²) in [4.78, 5) is 37.3. The van der Waals surface area contributed by atoms with E-state index in [9.17, 15) is 19.5 Å². The number of carbonyl (C=O) groups is 3. The predicted molar refractivity (Wildman–Crippen MR) is 103 cm³/mol. The van der Waals surface area contributed by atoms with Gasteiger partial charge in [0.2, 0.25) is 0 Å². The van der Waals surface area contributed by atoms with Crippen molar-refractivity contribution < 1.29 is 24.2 Å². The van der Waals surface area contributed by atoms with E-state index in [4.69, 9.17) is 4.74 Å². The average molecular weight is 391 g/mol. The molecular weight excluding hydrogens is 356 g/mol. The molecule has 4 fully saturated rings. The Labute approximate surface area is 167 Å². The normalized spacial score (nSPS) is 50.3. The third-order valence-electron chi connectivity index (χ3n) is 9.15. The second kappa shape index (κ2) is 6.65. The summed E-state index contributed by atoms with van der Waals surface area (Å²) in [5.74, 6) is 1.13. The summed E-state index contributed by atoms with van der Waals surface area (Å²) in [5, 5.41) is 10.5. The number of aliphatic hydroxyl groups excluding tert-OH is 1. The minimum absolute atomic E-state index is 0.00917. The maximum atomic E-state index is 13.5. The molecule has 0 amide bonds. The molecule has 1 N–H and O–H groups in total. The van der Waals surface area contributed by atoms with E-state index in [1.807, 2.05) is 0 Å². The number of Topliss-reactive ketones (excluding diaryl/α,β-unsaturated/α-hetero) is 2. The SMILES string of the molecule is CC(=O)O[C@H]1C[C@@]2(C)[C@@H](CC[C@H]3[C@@H]4CC[C@H](C(C)=O)[C@@]4(C)CC(=O)[C@@H]32)C[C@@H]1O. The van der Waals surface area contributed by atoms with Gasteiger partial charge >= 0.3 is 5.97 Å². The molecule has 0 aromatic rings. The molecular formula is C23H34O5. The fourth-order valence-electron chi connectivity index (χ4n) is 8.07. The van der Waals surface area contributed by atoms with Gasteiger partial charge in [0.05, 0.1) is 6.10 Å². The van der Waals surface area contributed by atoms with Crippen molar-refractivity contribution in [2.75, 3.05) is 0 Å². The van der Waals surface area contributed by atoms with Crippen LogP contribution in [-0.2, 0) is 19.1 Å². The van der Waals surface area contributed by atoms with Gasteiger partial charge in [0.15, 0.2) is 0 Å². The van der Waals surface area contributed by atoms with Gasteiger partial charge in [-0.05, 0) is 74.0 Å². The summed E-state index contributed by atoms with van der Waals surface area (Å²) < 4.78 is 5.44. The molecule has 0 bridgehead atoms. The Kier molecular flexibility index (Phi) is 4.76. The van der Waals surface area contributed by atoms with Gasteiger partial charge in [0.1, 0.15) is 17.7 Å². The van der Waals surface area contributed by atoms with Crippen molar-refractivity contribution in [3.8, 4) is 0 Å². The Morgan fingerprint density at radius 2 is 1.79 bits per heavy atom. The molecule has 0 unspecified atom stereocenters. The van der Waals surface area contributed by atoms with Gasteiger partial charge in [-0.2, -0.15) is 0 Å². The second-order valence-electron chi connectivity index (χ2n) is 10.6. The first-order chi connectivity index (χ1) is 13.1. The van der Waals surface area contributed by atoms with Crippen molar-refractivity contribution in [3.05, 3.63) is 0 Å². The van der Waals surface area contributed by atoms with Crippen LogP contribution in [0.3, 0.4) is 0 Å². The Morgan fingerprint density at radius 1 is 1.07 bits per heavy atom. The van der Waals surface area contributed by atoms with Crippen molar-refractivity contribution in [2.45, 2.75) is 84.8 Å². The monoisotopic (exact) mass is 390 g/mol. The fourth-order valence-corrected chi connectivity index (χ4v) is 8.07. The zero-order chi connectivity index (χ0) is 20.4. The van der Waals surface area contributed by atoms with E-state index < -0.39 is 12.2 Å². The van der Waals surface area contributed by atoms with Gasteiger partial charge in [-0.15, -0.1) is 0 Å². The Bertz CT molecular complexity index is 701. The minimum atomic E-state index is -0.643. The number of ketones is 2. The third-order valence-corrected chi connectivity index (χ3v) is 9.15. The molecule has 0 radical (unpaired) electrons. The molecule has 4 saturated carbocycles. The van der Waals surface area contributed by atoms with Crippen molar-refractivity contribution in [3.63, 3.8) is 0 Å². The first-order valence-electron chi connectivity index (χ1n) is 11.0. The highest BCUT2D eigenvalue weighted by Gasteiger charge is 2.64. The first-order valence-corrected chi connectivity index (χ1v) is 11.0. The van der Waals surface area contributed by atoms with Crippen molar-refractivity contribution in [2.24, 2.45) is 40.4 Å². The molecule has 9 atom stereocenters. The van der Waals surface area contributed by atoms with Crippen LogP contribution in [0.5, 0.6) is 0 Å².